The first-order chi connectivity index (χ1) is 16.6. The van der Waals surface area contributed by atoms with Crippen molar-refractivity contribution in [2.75, 3.05) is 18.8 Å². The predicted octanol–water partition coefficient (Wildman–Crippen LogP) is 3.74. The van der Waals surface area contributed by atoms with Crippen LogP contribution in [0.4, 0.5) is 4.79 Å². The minimum absolute atomic E-state index is 0.0000336. The molecular formula is C24H25N5O3S2. The summed E-state index contributed by atoms with van der Waals surface area (Å²) in [6, 6.07) is 12.4. The SMILES string of the molecule is Cn1c(SCC(=O)N2CCC(N3C(=O)OC4Cc5ccccc5C43)CC2)nnc1-c1cccs1. The Bertz CT molecular complexity index is 1220. The van der Waals surface area contributed by atoms with Crippen molar-refractivity contribution in [3.05, 3.63) is 52.9 Å². The maximum atomic E-state index is 12.9. The number of carbonyl (C=O) groups is 2. The number of ether oxygens (including phenoxy) is 1. The molecule has 0 bridgehead atoms. The molecule has 2 aliphatic heterocycles. The maximum absolute atomic E-state index is 12.9. The van der Waals surface area contributed by atoms with Gasteiger partial charge in [0.25, 0.3) is 0 Å². The Hall–Kier alpha value is -2.85. The fourth-order valence-corrected chi connectivity index (χ4v) is 6.88. The van der Waals surface area contributed by atoms with E-state index in [0.717, 1.165) is 35.1 Å². The van der Waals surface area contributed by atoms with Crippen LogP contribution in [0.3, 0.4) is 0 Å². The van der Waals surface area contributed by atoms with Crippen LogP contribution in [0, 0.1) is 0 Å². The number of nitrogens with zero attached hydrogens (tertiary/aromatic N) is 5. The van der Waals surface area contributed by atoms with Gasteiger partial charge in [-0.25, -0.2) is 4.79 Å². The van der Waals surface area contributed by atoms with Crippen molar-refractivity contribution >= 4 is 35.1 Å². The van der Waals surface area contributed by atoms with Crippen LogP contribution < -0.4 is 0 Å². The highest BCUT2D eigenvalue weighted by Crippen LogP contribution is 2.44. The minimum atomic E-state index is -0.214. The lowest BCUT2D eigenvalue weighted by molar-refractivity contribution is -0.129. The van der Waals surface area contributed by atoms with Crippen LogP contribution in [0.1, 0.15) is 30.0 Å². The van der Waals surface area contributed by atoms with Gasteiger partial charge >= 0.3 is 6.09 Å². The molecule has 2 aromatic heterocycles. The van der Waals surface area contributed by atoms with Crippen LogP contribution in [-0.2, 0) is 23.0 Å². The summed E-state index contributed by atoms with van der Waals surface area (Å²) in [6.07, 6.45) is 2.01. The third-order valence-corrected chi connectivity index (χ3v) is 8.89. The molecule has 2 atom stereocenters. The fourth-order valence-electron chi connectivity index (χ4n) is 5.32. The average molecular weight is 496 g/mol. The van der Waals surface area contributed by atoms with Gasteiger partial charge in [0.2, 0.25) is 5.91 Å². The van der Waals surface area contributed by atoms with E-state index in [2.05, 4.69) is 22.3 Å². The monoisotopic (exact) mass is 495 g/mol. The molecule has 0 saturated carbocycles. The lowest BCUT2D eigenvalue weighted by atomic mass is 9.99. The molecule has 3 aromatic rings. The standard InChI is InChI=1S/C24H25N5O3S2/c1-27-22(19-7-4-12-33-19)25-26-23(27)34-14-20(30)28-10-8-16(9-11-28)29-21-17-6-3-2-5-15(17)13-18(21)32-24(29)31/h2-7,12,16,18,21H,8-11,13-14H2,1H3. The van der Waals surface area contributed by atoms with Gasteiger partial charge in [0, 0.05) is 32.6 Å². The molecule has 0 spiro atoms. The summed E-state index contributed by atoms with van der Waals surface area (Å²) >= 11 is 3.04. The average Bonchev–Trinajstić information content (AvgIpc) is 3.62. The van der Waals surface area contributed by atoms with E-state index in [1.54, 1.807) is 11.3 Å². The van der Waals surface area contributed by atoms with Crippen molar-refractivity contribution in [1.29, 1.82) is 0 Å². The molecule has 2 amide bonds. The summed E-state index contributed by atoms with van der Waals surface area (Å²) in [5.41, 5.74) is 2.48. The molecule has 2 fully saturated rings. The largest absolute Gasteiger partial charge is 0.443 e. The predicted molar refractivity (Wildman–Crippen MR) is 130 cm³/mol. The van der Waals surface area contributed by atoms with Gasteiger partial charge < -0.3 is 14.2 Å². The molecule has 0 radical (unpaired) electrons. The molecule has 176 valence electrons. The zero-order valence-corrected chi connectivity index (χ0v) is 20.4. The molecule has 1 aromatic carbocycles. The smallest absolute Gasteiger partial charge is 0.411 e. The van der Waals surface area contributed by atoms with E-state index < -0.39 is 0 Å². The van der Waals surface area contributed by atoms with Crippen LogP contribution in [0.25, 0.3) is 10.7 Å². The third-order valence-electron chi connectivity index (χ3n) is 7.02. The number of rotatable bonds is 5. The molecule has 34 heavy (non-hydrogen) atoms. The zero-order chi connectivity index (χ0) is 23.2. The molecule has 0 N–H and O–H groups in total. The summed E-state index contributed by atoms with van der Waals surface area (Å²) in [4.78, 5) is 30.5. The van der Waals surface area contributed by atoms with Gasteiger partial charge in [-0.15, -0.1) is 21.5 Å². The molecule has 6 rings (SSSR count). The van der Waals surface area contributed by atoms with E-state index >= 15 is 0 Å². The summed E-state index contributed by atoms with van der Waals surface area (Å²) < 4.78 is 7.66. The van der Waals surface area contributed by atoms with E-state index in [4.69, 9.17) is 4.74 Å². The third kappa shape index (κ3) is 3.69. The second kappa shape index (κ2) is 8.74. The second-order valence-electron chi connectivity index (χ2n) is 8.92. The first-order valence-electron chi connectivity index (χ1n) is 11.5. The van der Waals surface area contributed by atoms with Gasteiger partial charge in [-0.1, -0.05) is 42.1 Å². The zero-order valence-electron chi connectivity index (χ0n) is 18.8. The highest BCUT2D eigenvalue weighted by atomic mass is 32.2. The first-order valence-corrected chi connectivity index (χ1v) is 13.4. The topological polar surface area (TPSA) is 80.6 Å². The fraction of sp³-hybridized carbons (Fsp3) is 0.417. The highest BCUT2D eigenvalue weighted by Gasteiger charge is 2.50. The van der Waals surface area contributed by atoms with Crippen LogP contribution in [0.15, 0.2) is 46.9 Å². The molecule has 2 saturated heterocycles. The van der Waals surface area contributed by atoms with Crippen molar-refractivity contribution in [2.24, 2.45) is 7.05 Å². The lowest BCUT2D eigenvalue weighted by Gasteiger charge is -2.37. The Morgan fingerprint density at radius 1 is 1.18 bits per heavy atom. The first kappa shape index (κ1) is 21.7. The van der Waals surface area contributed by atoms with Gasteiger partial charge in [-0.05, 0) is 35.4 Å². The molecule has 8 nitrogen and oxygen atoms in total. The van der Waals surface area contributed by atoms with Crippen molar-refractivity contribution < 1.29 is 14.3 Å². The number of aromatic nitrogens is 3. The van der Waals surface area contributed by atoms with Crippen molar-refractivity contribution in [1.82, 2.24) is 24.6 Å². The summed E-state index contributed by atoms with van der Waals surface area (Å²) in [5.74, 6) is 1.23. The number of carbonyl (C=O) groups excluding carboxylic acids is 2. The Morgan fingerprint density at radius 3 is 2.79 bits per heavy atom. The van der Waals surface area contributed by atoms with Gasteiger partial charge in [0.1, 0.15) is 6.10 Å². The van der Waals surface area contributed by atoms with E-state index in [9.17, 15) is 9.59 Å². The minimum Gasteiger partial charge on any atom is -0.443 e. The summed E-state index contributed by atoms with van der Waals surface area (Å²) in [7, 11) is 1.93. The Morgan fingerprint density at radius 2 is 2.00 bits per heavy atom. The number of hydrogen-bond acceptors (Lipinski definition) is 7. The number of likely N-dealkylation sites (tertiary alicyclic amines) is 1. The molecule has 2 unspecified atom stereocenters. The van der Waals surface area contributed by atoms with Crippen molar-refractivity contribution in [3.8, 4) is 10.7 Å². The van der Waals surface area contributed by atoms with E-state index in [1.807, 2.05) is 51.1 Å². The van der Waals surface area contributed by atoms with Crippen LogP contribution in [0.2, 0.25) is 0 Å². The maximum Gasteiger partial charge on any atom is 0.411 e. The second-order valence-corrected chi connectivity index (χ2v) is 10.8. The molecule has 10 heteroatoms. The van der Waals surface area contributed by atoms with Gasteiger partial charge in [-0.3, -0.25) is 9.69 Å². The van der Waals surface area contributed by atoms with E-state index in [0.29, 0.717) is 18.8 Å². The van der Waals surface area contributed by atoms with Gasteiger partial charge in [-0.2, -0.15) is 0 Å². The van der Waals surface area contributed by atoms with Crippen molar-refractivity contribution in [2.45, 2.75) is 42.6 Å². The number of fused-ring (bicyclic) bond motifs is 3. The van der Waals surface area contributed by atoms with E-state index in [-0.39, 0.29) is 30.2 Å². The summed E-state index contributed by atoms with van der Waals surface area (Å²) in [5, 5.41) is 11.3. The van der Waals surface area contributed by atoms with Crippen LogP contribution in [0.5, 0.6) is 0 Å². The summed E-state index contributed by atoms with van der Waals surface area (Å²) in [6.45, 7) is 1.29. The molecule has 4 heterocycles. The lowest BCUT2D eigenvalue weighted by Crippen LogP contribution is -2.48. The van der Waals surface area contributed by atoms with Gasteiger partial charge in [0.05, 0.1) is 16.7 Å². The quantitative estimate of drug-likeness (QED) is 0.502. The Kier molecular flexibility index (Phi) is 5.57. The normalized spacial score (nSPS) is 22.1. The number of thioether (sulfide) groups is 1. The van der Waals surface area contributed by atoms with Crippen LogP contribution >= 0.6 is 23.1 Å². The van der Waals surface area contributed by atoms with E-state index in [1.165, 1.54) is 22.9 Å². The number of amides is 2. The number of hydrogen-bond donors (Lipinski definition) is 0. The Labute approximate surface area is 205 Å². The van der Waals surface area contributed by atoms with Crippen molar-refractivity contribution in [3.63, 3.8) is 0 Å². The number of benzene rings is 1. The number of piperidine rings is 1. The van der Waals surface area contributed by atoms with Gasteiger partial charge in [0.15, 0.2) is 11.0 Å². The molecule has 3 aliphatic rings. The highest BCUT2D eigenvalue weighted by molar-refractivity contribution is 7.99. The molecule has 1 aliphatic carbocycles. The Balaban J connectivity index is 1.06. The number of thiophene rings is 1. The molecular weight excluding hydrogens is 470 g/mol. The van der Waals surface area contributed by atoms with Crippen LogP contribution in [-0.4, -0.2) is 67.6 Å².